The Morgan fingerprint density at radius 1 is 1.35 bits per heavy atom. The Bertz CT molecular complexity index is 625. The fourth-order valence-corrected chi connectivity index (χ4v) is 2.06. The van der Waals surface area contributed by atoms with Crippen LogP contribution in [-0.2, 0) is 12.0 Å². The van der Waals surface area contributed by atoms with Gasteiger partial charge < -0.3 is 11.5 Å². The molecule has 0 atom stereocenters. The van der Waals surface area contributed by atoms with Crippen molar-refractivity contribution >= 4 is 11.7 Å². The molecule has 0 aliphatic carbocycles. The number of pyridine rings is 1. The number of carbonyl (C=O) groups excluding carboxylic acids is 1. The van der Waals surface area contributed by atoms with Crippen LogP contribution >= 0.6 is 0 Å². The molecule has 0 aliphatic rings. The largest absolute Gasteiger partial charge is 0.383 e. The summed E-state index contributed by atoms with van der Waals surface area (Å²) >= 11 is 0. The average Bonchev–Trinajstić information content (AvgIpc) is 2.67. The highest BCUT2D eigenvalue weighted by Crippen LogP contribution is 2.25. The van der Waals surface area contributed by atoms with Gasteiger partial charge in [0.25, 0.3) is 5.91 Å². The van der Waals surface area contributed by atoms with Crippen molar-refractivity contribution in [3.63, 3.8) is 0 Å². The number of hydrogen-bond donors (Lipinski definition) is 2. The smallest absolute Gasteiger partial charge is 0.254 e. The maximum Gasteiger partial charge on any atom is 0.254 e. The molecule has 0 aliphatic heterocycles. The lowest BCUT2D eigenvalue weighted by molar-refractivity contribution is 0.100. The lowest BCUT2D eigenvalue weighted by Crippen LogP contribution is -2.25. The van der Waals surface area contributed by atoms with E-state index in [4.69, 9.17) is 11.5 Å². The van der Waals surface area contributed by atoms with E-state index in [9.17, 15) is 4.79 Å². The predicted molar refractivity (Wildman–Crippen MR) is 77.2 cm³/mol. The maximum absolute atomic E-state index is 11.6. The number of aromatic nitrogens is 3. The van der Waals surface area contributed by atoms with E-state index in [1.54, 1.807) is 10.9 Å². The van der Waals surface area contributed by atoms with Crippen LogP contribution in [0.5, 0.6) is 0 Å². The summed E-state index contributed by atoms with van der Waals surface area (Å²) in [4.78, 5) is 15.9. The zero-order chi connectivity index (χ0) is 14.9. The summed E-state index contributed by atoms with van der Waals surface area (Å²) in [5.74, 6) is -0.264. The summed E-state index contributed by atoms with van der Waals surface area (Å²) in [6.07, 6.45) is 2.12. The van der Waals surface area contributed by atoms with Gasteiger partial charge in [0.15, 0.2) is 0 Å². The Hall–Kier alpha value is -2.37. The zero-order valence-electron chi connectivity index (χ0n) is 11.9. The van der Waals surface area contributed by atoms with E-state index in [1.165, 1.54) is 0 Å². The molecule has 106 valence electrons. The standard InChI is InChI=1S/C14H19N5O/c1-14(2,3)19-12(15)11(13(16)20)10(18-19)8-9-6-4-5-7-17-9/h4-7H,8,15H2,1-3H3,(H2,16,20). The fraction of sp³-hybridized carbons (Fsp3) is 0.357. The molecule has 6 heteroatoms. The quantitative estimate of drug-likeness (QED) is 0.880. The topological polar surface area (TPSA) is 99.8 Å². The summed E-state index contributed by atoms with van der Waals surface area (Å²) in [5.41, 5.74) is 12.8. The van der Waals surface area contributed by atoms with E-state index in [-0.39, 0.29) is 11.1 Å². The monoisotopic (exact) mass is 273 g/mol. The van der Waals surface area contributed by atoms with Crippen LogP contribution in [0.1, 0.15) is 42.5 Å². The first-order valence-corrected chi connectivity index (χ1v) is 6.38. The number of rotatable bonds is 3. The van der Waals surface area contributed by atoms with Gasteiger partial charge in [0, 0.05) is 18.3 Å². The van der Waals surface area contributed by atoms with E-state index in [0.717, 1.165) is 5.69 Å². The maximum atomic E-state index is 11.6. The second-order valence-corrected chi connectivity index (χ2v) is 5.65. The van der Waals surface area contributed by atoms with Gasteiger partial charge in [0.1, 0.15) is 11.4 Å². The van der Waals surface area contributed by atoms with E-state index in [1.807, 2.05) is 39.0 Å². The number of nitrogen functional groups attached to an aromatic ring is 1. The molecular weight excluding hydrogens is 254 g/mol. The Labute approximate surface area is 117 Å². The van der Waals surface area contributed by atoms with Crippen LogP contribution in [0.4, 0.5) is 5.82 Å². The third-order valence-corrected chi connectivity index (χ3v) is 2.95. The zero-order valence-corrected chi connectivity index (χ0v) is 11.9. The molecule has 0 spiro atoms. The number of nitrogens with zero attached hydrogens (tertiary/aromatic N) is 3. The minimum atomic E-state index is -0.566. The SMILES string of the molecule is CC(C)(C)n1nc(Cc2ccccn2)c(C(N)=O)c1N. The highest BCUT2D eigenvalue weighted by atomic mass is 16.1. The molecule has 0 saturated heterocycles. The van der Waals surface area contributed by atoms with Gasteiger partial charge in [-0.1, -0.05) is 6.07 Å². The first kappa shape index (κ1) is 14.0. The molecule has 0 bridgehead atoms. The van der Waals surface area contributed by atoms with Crippen LogP contribution in [0, 0.1) is 0 Å². The van der Waals surface area contributed by atoms with Gasteiger partial charge in [0.2, 0.25) is 0 Å². The van der Waals surface area contributed by atoms with Gasteiger partial charge in [-0.3, -0.25) is 9.78 Å². The number of anilines is 1. The number of nitrogens with two attached hydrogens (primary N) is 2. The van der Waals surface area contributed by atoms with Crippen LogP contribution in [0.3, 0.4) is 0 Å². The Balaban J connectivity index is 2.50. The molecule has 2 rings (SSSR count). The van der Waals surface area contributed by atoms with Crippen LogP contribution in [-0.4, -0.2) is 20.7 Å². The highest BCUT2D eigenvalue weighted by Gasteiger charge is 2.26. The first-order valence-electron chi connectivity index (χ1n) is 6.38. The van der Waals surface area contributed by atoms with Crippen LogP contribution < -0.4 is 11.5 Å². The van der Waals surface area contributed by atoms with Gasteiger partial charge >= 0.3 is 0 Å². The van der Waals surface area contributed by atoms with Crippen molar-refractivity contribution in [2.75, 3.05) is 5.73 Å². The minimum absolute atomic E-state index is 0.283. The van der Waals surface area contributed by atoms with Gasteiger partial charge in [-0.2, -0.15) is 5.10 Å². The molecule has 0 fully saturated rings. The minimum Gasteiger partial charge on any atom is -0.383 e. The summed E-state index contributed by atoms with van der Waals surface area (Å²) < 4.78 is 1.63. The lowest BCUT2D eigenvalue weighted by Gasteiger charge is -2.20. The van der Waals surface area contributed by atoms with Crippen LogP contribution in [0.25, 0.3) is 0 Å². The molecule has 1 amide bonds. The predicted octanol–water partition coefficient (Wildman–Crippen LogP) is 1.30. The molecule has 4 N–H and O–H groups in total. The molecule has 0 saturated carbocycles. The number of primary amides is 1. The number of carbonyl (C=O) groups is 1. The number of hydrogen-bond acceptors (Lipinski definition) is 4. The molecule has 2 aromatic rings. The first-order chi connectivity index (χ1) is 9.30. The van der Waals surface area contributed by atoms with E-state index < -0.39 is 5.91 Å². The second kappa shape index (κ2) is 4.96. The fourth-order valence-electron chi connectivity index (χ4n) is 2.06. The van der Waals surface area contributed by atoms with E-state index >= 15 is 0 Å². The van der Waals surface area contributed by atoms with Crippen molar-refractivity contribution in [1.29, 1.82) is 0 Å². The van der Waals surface area contributed by atoms with Crippen molar-refractivity contribution in [3.05, 3.63) is 41.3 Å². The molecule has 0 unspecified atom stereocenters. The molecule has 0 radical (unpaired) electrons. The Morgan fingerprint density at radius 3 is 2.55 bits per heavy atom. The summed E-state index contributed by atoms with van der Waals surface area (Å²) in [6.45, 7) is 5.89. The van der Waals surface area contributed by atoms with Crippen molar-refractivity contribution in [1.82, 2.24) is 14.8 Å². The van der Waals surface area contributed by atoms with E-state index in [0.29, 0.717) is 17.9 Å². The van der Waals surface area contributed by atoms with Crippen molar-refractivity contribution < 1.29 is 4.79 Å². The second-order valence-electron chi connectivity index (χ2n) is 5.65. The molecule has 0 aromatic carbocycles. The molecule has 2 heterocycles. The summed E-state index contributed by atoms with van der Waals surface area (Å²) in [7, 11) is 0. The van der Waals surface area contributed by atoms with Crippen LogP contribution in [0.2, 0.25) is 0 Å². The van der Waals surface area contributed by atoms with Gasteiger partial charge in [0.05, 0.1) is 11.2 Å². The lowest BCUT2D eigenvalue weighted by atomic mass is 10.1. The molecule has 20 heavy (non-hydrogen) atoms. The molecule has 6 nitrogen and oxygen atoms in total. The van der Waals surface area contributed by atoms with Gasteiger partial charge in [-0.25, -0.2) is 4.68 Å². The summed E-state index contributed by atoms with van der Waals surface area (Å²) in [6, 6.07) is 5.59. The Kier molecular flexibility index (Phi) is 3.48. The molecular formula is C14H19N5O. The number of amides is 1. The van der Waals surface area contributed by atoms with Crippen molar-refractivity contribution in [3.8, 4) is 0 Å². The average molecular weight is 273 g/mol. The van der Waals surface area contributed by atoms with Crippen molar-refractivity contribution in [2.24, 2.45) is 5.73 Å². The van der Waals surface area contributed by atoms with Crippen molar-refractivity contribution in [2.45, 2.75) is 32.7 Å². The highest BCUT2D eigenvalue weighted by molar-refractivity contribution is 5.98. The van der Waals surface area contributed by atoms with Crippen LogP contribution in [0.15, 0.2) is 24.4 Å². The Morgan fingerprint density at radius 2 is 2.05 bits per heavy atom. The third-order valence-electron chi connectivity index (χ3n) is 2.95. The van der Waals surface area contributed by atoms with Gasteiger partial charge in [-0.15, -0.1) is 0 Å². The van der Waals surface area contributed by atoms with Gasteiger partial charge in [-0.05, 0) is 32.9 Å². The third kappa shape index (κ3) is 2.64. The van der Waals surface area contributed by atoms with E-state index in [2.05, 4.69) is 10.1 Å². The normalized spacial score (nSPS) is 11.6. The molecule has 2 aromatic heterocycles. The summed E-state index contributed by atoms with van der Waals surface area (Å²) in [5, 5.41) is 4.45.